The molecule has 0 spiro atoms. The van der Waals surface area contributed by atoms with Gasteiger partial charge in [-0.2, -0.15) is 0 Å². The topological polar surface area (TPSA) is 51.8 Å². The van der Waals surface area contributed by atoms with Gasteiger partial charge in [-0.25, -0.2) is 15.0 Å². The summed E-state index contributed by atoms with van der Waals surface area (Å²) in [5.74, 6) is 0.232. The Bertz CT molecular complexity index is 3300. The van der Waals surface area contributed by atoms with Crippen LogP contribution in [0, 0.1) is 0 Å². The van der Waals surface area contributed by atoms with Crippen molar-refractivity contribution >= 4 is 187 Å². The lowest BCUT2D eigenvalue weighted by molar-refractivity contribution is 0.670. The Labute approximate surface area is 353 Å². The van der Waals surface area contributed by atoms with Crippen LogP contribution in [-0.4, -0.2) is 93.4 Å². The van der Waals surface area contributed by atoms with Crippen LogP contribution in [0.1, 0.15) is 0 Å². The molecule has 0 bridgehead atoms. The second-order valence-electron chi connectivity index (χ2n) is 14.5. The summed E-state index contributed by atoms with van der Waals surface area (Å²) in [6.07, 6.45) is 0. The van der Waals surface area contributed by atoms with Crippen LogP contribution in [0.3, 0.4) is 0 Å². The van der Waals surface area contributed by atoms with Crippen LogP contribution in [0.15, 0.2) is 108 Å². The SMILES string of the molecule is [B]c1c([B])c([B])c(-c2nc(-c3ccc4oc5c(-c6ccc7c8ccccc8c8ccccc8c7c6)cccc5c4c3)nc(-c3c([B])c([B])c([B])c([B])c3[B])n2)c([B])c1[B]. The molecule has 10 rings (SSSR count). The largest absolute Gasteiger partial charge is 0.455 e. The quantitative estimate of drug-likeness (QED) is 0.187. The molecule has 0 atom stereocenters. The Morgan fingerprint density at radius 2 is 0.729 bits per heavy atom. The molecule has 20 radical (unpaired) electrons. The van der Waals surface area contributed by atoms with Crippen molar-refractivity contribution in [3.05, 3.63) is 103 Å². The molecule has 0 fully saturated rings. The van der Waals surface area contributed by atoms with Crippen LogP contribution in [0.4, 0.5) is 0 Å². The molecule has 248 valence electrons. The van der Waals surface area contributed by atoms with Gasteiger partial charge in [0, 0.05) is 33.0 Å². The highest BCUT2D eigenvalue weighted by Crippen LogP contribution is 2.41. The fourth-order valence-corrected chi connectivity index (χ4v) is 8.15. The maximum Gasteiger partial charge on any atom is 0.164 e. The molecule has 0 aliphatic heterocycles. The summed E-state index contributed by atoms with van der Waals surface area (Å²) in [7, 11) is 63.3. The molecule has 0 saturated carbocycles. The summed E-state index contributed by atoms with van der Waals surface area (Å²) in [4.78, 5) is 14.4. The Morgan fingerprint density at radius 1 is 0.322 bits per heavy atom. The van der Waals surface area contributed by atoms with Crippen molar-refractivity contribution in [2.24, 2.45) is 0 Å². The molecule has 0 N–H and O–H groups in total. The number of benzene rings is 8. The first kappa shape index (κ1) is 37.3. The van der Waals surface area contributed by atoms with E-state index in [2.05, 4.69) is 72.8 Å². The Hall–Kier alpha value is -6.00. The second-order valence-corrected chi connectivity index (χ2v) is 14.5. The molecule has 10 aromatic rings. The zero-order valence-electron chi connectivity index (χ0n) is 31.3. The standard InChI is InChI=1S/C45H17B10N3O/c46-32-30(33(47)37(51)40(54)36(32)50)44-56-43(57-45(58-44)31-34(48)38(52)41(55)39(53)35(31)49)19-13-15-29-28(17-19)26-11-5-10-20(42(26)59-29)18-12-14-25-23-8-2-1-6-21(23)22-7-3-4-9-24(22)27(25)16-18/h1-17H. The highest BCUT2D eigenvalue weighted by molar-refractivity contribution is 6.70. The van der Waals surface area contributed by atoms with Gasteiger partial charge in [0.1, 0.15) is 89.6 Å². The molecular formula is C45H17B10N3O. The average molecular weight is 724 g/mol. The summed E-state index contributed by atoms with van der Waals surface area (Å²) in [5, 5.41) is 8.85. The number of para-hydroxylation sites is 1. The molecule has 2 heterocycles. The Balaban J connectivity index is 1.18. The van der Waals surface area contributed by atoms with Gasteiger partial charge in [0.05, 0.1) is 0 Å². The maximum atomic E-state index is 6.62. The summed E-state index contributed by atoms with van der Waals surface area (Å²) in [6.45, 7) is 0. The van der Waals surface area contributed by atoms with Crippen LogP contribution >= 0.6 is 0 Å². The van der Waals surface area contributed by atoms with Crippen molar-refractivity contribution in [2.45, 2.75) is 0 Å². The van der Waals surface area contributed by atoms with E-state index >= 15 is 0 Å². The minimum absolute atomic E-state index is 0.0159. The van der Waals surface area contributed by atoms with Gasteiger partial charge in [-0.3, -0.25) is 0 Å². The summed E-state index contributed by atoms with van der Waals surface area (Å²) < 4.78 is 6.62. The van der Waals surface area contributed by atoms with E-state index in [1.54, 1.807) is 0 Å². The van der Waals surface area contributed by atoms with E-state index < -0.39 is 0 Å². The van der Waals surface area contributed by atoms with Crippen LogP contribution in [0.2, 0.25) is 0 Å². The minimum Gasteiger partial charge on any atom is -0.455 e. The summed E-state index contributed by atoms with van der Waals surface area (Å²) >= 11 is 0. The van der Waals surface area contributed by atoms with Gasteiger partial charge >= 0.3 is 0 Å². The third-order valence-electron chi connectivity index (χ3n) is 11.3. The number of fused-ring (bicyclic) bond motifs is 9. The Morgan fingerprint density at radius 3 is 1.25 bits per heavy atom. The van der Waals surface area contributed by atoms with Crippen molar-refractivity contribution in [3.8, 4) is 45.3 Å². The normalized spacial score (nSPS) is 11.7. The Kier molecular flexibility index (Phi) is 8.72. The monoisotopic (exact) mass is 725 g/mol. The van der Waals surface area contributed by atoms with E-state index in [-0.39, 0.29) is 83.2 Å². The summed E-state index contributed by atoms with van der Waals surface area (Å²) in [5.41, 5.74) is 4.44. The van der Waals surface area contributed by atoms with Crippen LogP contribution in [-0.2, 0) is 0 Å². The highest BCUT2D eigenvalue weighted by atomic mass is 16.3. The zero-order valence-corrected chi connectivity index (χ0v) is 31.3. The lowest BCUT2D eigenvalue weighted by Gasteiger charge is -2.22. The molecule has 0 aliphatic rings. The smallest absolute Gasteiger partial charge is 0.164 e. The number of aromatic nitrogens is 3. The first-order valence-electron chi connectivity index (χ1n) is 18.5. The maximum absolute atomic E-state index is 6.62. The zero-order chi connectivity index (χ0) is 41.0. The molecule has 0 unspecified atom stereocenters. The molecule has 2 aromatic heterocycles. The molecule has 59 heavy (non-hydrogen) atoms. The number of furan rings is 1. The van der Waals surface area contributed by atoms with Crippen LogP contribution in [0.5, 0.6) is 0 Å². The van der Waals surface area contributed by atoms with Gasteiger partial charge in [-0.15, -0.1) is 32.8 Å². The lowest BCUT2D eigenvalue weighted by Crippen LogP contribution is -2.55. The van der Waals surface area contributed by atoms with E-state index in [9.17, 15) is 0 Å². The number of rotatable bonds is 4. The fourth-order valence-electron chi connectivity index (χ4n) is 8.15. The molecule has 0 amide bonds. The molecule has 0 aliphatic carbocycles. The third-order valence-corrected chi connectivity index (χ3v) is 11.3. The van der Waals surface area contributed by atoms with Crippen molar-refractivity contribution in [2.75, 3.05) is 0 Å². The number of hydrogen-bond donors (Lipinski definition) is 0. The van der Waals surface area contributed by atoms with Gasteiger partial charge in [0.25, 0.3) is 0 Å². The number of hydrogen-bond acceptors (Lipinski definition) is 4. The minimum atomic E-state index is 0.0159. The van der Waals surface area contributed by atoms with Crippen LogP contribution in [0.25, 0.3) is 99.5 Å². The lowest BCUT2D eigenvalue weighted by atomic mass is 9.60. The van der Waals surface area contributed by atoms with E-state index in [0.29, 0.717) is 11.1 Å². The summed E-state index contributed by atoms with van der Waals surface area (Å²) in [6, 6.07) is 35.3. The second kappa shape index (κ2) is 13.8. The predicted octanol–water partition coefficient (Wildman–Crippen LogP) is -0.163. The molecule has 14 heteroatoms. The fraction of sp³-hybridized carbons (Fsp3) is 0. The number of nitrogens with zero attached hydrogens (tertiary/aromatic N) is 3. The average Bonchev–Trinajstić information content (AvgIpc) is 3.64. The van der Waals surface area contributed by atoms with Crippen molar-refractivity contribution in [3.63, 3.8) is 0 Å². The third kappa shape index (κ3) is 5.63. The first-order chi connectivity index (χ1) is 28.4. The van der Waals surface area contributed by atoms with Gasteiger partial charge in [0.15, 0.2) is 17.5 Å². The molecular weight excluding hydrogens is 707 g/mol. The van der Waals surface area contributed by atoms with Gasteiger partial charge in [-0.05, 0) is 62.1 Å². The predicted molar refractivity (Wildman–Crippen MR) is 255 cm³/mol. The molecule has 8 aromatic carbocycles. The van der Waals surface area contributed by atoms with Gasteiger partial charge < -0.3 is 4.42 Å². The van der Waals surface area contributed by atoms with E-state index in [1.165, 1.54) is 26.9 Å². The van der Waals surface area contributed by atoms with Gasteiger partial charge in [0.2, 0.25) is 0 Å². The van der Waals surface area contributed by atoms with E-state index in [1.807, 2.05) is 30.3 Å². The molecule has 0 saturated heterocycles. The van der Waals surface area contributed by atoms with Crippen molar-refractivity contribution < 1.29 is 4.42 Å². The first-order valence-corrected chi connectivity index (χ1v) is 18.5. The van der Waals surface area contributed by atoms with Crippen molar-refractivity contribution in [1.29, 1.82) is 0 Å². The van der Waals surface area contributed by atoms with E-state index in [4.69, 9.17) is 97.8 Å². The van der Waals surface area contributed by atoms with Crippen LogP contribution < -0.4 is 54.6 Å². The van der Waals surface area contributed by atoms with Crippen molar-refractivity contribution in [1.82, 2.24) is 15.0 Å². The highest BCUT2D eigenvalue weighted by Gasteiger charge is 2.22. The van der Waals surface area contributed by atoms with E-state index in [0.717, 1.165) is 32.9 Å². The molecule has 4 nitrogen and oxygen atoms in total. The van der Waals surface area contributed by atoms with Gasteiger partial charge in [-0.1, -0.05) is 101 Å².